The summed E-state index contributed by atoms with van der Waals surface area (Å²) in [5.41, 5.74) is -0.109. The van der Waals surface area contributed by atoms with Crippen molar-refractivity contribution >= 4 is 0 Å². The van der Waals surface area contributed by atoms with Gasteiger partial charge >= 0.3 is 0 Å². The first-order valence-corrected chi connectivity index (χ1v) is 4.78. The van der Waals surface area contributed by atoms with Gasteiger partial charge in [0, 0.05) is 11.6 Å². The molecule has 0 radical (unpaired) electrons. The van der Waals surface area contributed by atoms with Crippen LogP contribution in [0, 0.1) is 5.92 Å². The van der Waals surface area contributed by atoms with Gasteiger partial charge in [0.1, 0.15) is 0 Å². The molecule has 0 saturated carbocycles. The Kier molecular flexibility index (Phi) is 4.80. The molecule has 0 heterocycles. The van der Waals surface area contributed by atoms with Crippen LogP contribution in [-0.2, 0) is 0 Å². The minimum absolute atomic E-state index is 0.109. The van der Waals surface area contributed by atoms with E-state index in [1.165, 1.54) is 0 Å². The van der Waals surface area contributed by atoms with Crippen LogP contribution < -0.4 is 5.32 Å². The van der Waals surface area contributed by atoms with Crippen LogP contribution in [0.2, 0.25) is 0 Å². The van der Waals surface area contributed by atoms with Crippen LogP contribution in [0.25, 0.3) is 0 Å². The molecular weight excluding hydrogens is 150 g/mol. The van der Waals surface area contributed by atoms with Crippen molar-refractivity contribution in [3.8, 4) is 0 Å². The van der Waals surface area contributed by atoms with Crippen molar-refractivity contribution in [1.29, 1.82) is 0 Å². The van der Waals surface area contributed by atoms with Crippen LogP contribution in [0.3, 0.4) is 0 Å². The van der Waals surface area contributed by atoms with Gasteiger partial charge in [0.15, 0.2) is 0 Å². The van der Waals surface area contributed by atoms with Crippen molar-refractivity contribution in [3.05, 3.63) is 0 Å². The van der Waals surface area contributed by atoms with Crippen LogP contribution in [0.1, 0.15) is 41.0 Å². The summed E-state index contributed by atoms with van der Waals surface area (Å²) in [5.74, 6) is 0.619. The van der Waals surface area contributed by atoms with E-state index in [9.17, 15) is 5.11 Å². The lowest BCUT2D eigenvalue weighted by Crippen LogP contribution is -2.49. The minimum Gasteiger partial charge on any atom is -0.394 e. The Hall–Kier alpha value is -0.0800. The highest BCUT2D eigenvalue weighted by molar-refractivity contribution is 4.84. The fraction of sp³-hybridized carbons (Fsp3) is 1.00. The fourth-order valence-electron chi connectivity index (χ4n) is 1.77. The molecule has 0 aliphatic carbocycles. The van der Waals surface area contributed by atoms with Gasteiger partial charge in [-0.2, -0.15) is 0 Å². The minimum atomic E-state index is -0.109. The summed E-state index contributed by atoms with van der Waals surface area (Å²) in [6.45, 7) is 10.9. The number of aliphatic hydroxyl groups is 1. The Morgan fingerprint density at radius 1 is 1.25 bits per heavy atom. The Labute approximate surface area is 76.4 Å². The molecule has 1 atom stereocenters. The van der Waals surface area contributed by atoms with Crippen LogP contribution in [0.4, 0.5) is 0 Å². The topological polar surface area (TPSA) is 32.3 Å². The molecule has 0 saturated heterocycles. The van der Waals surface area contributed by atoms with Gasteiger partial charge in [0.05, 0.1) is 6.61 Å². The Balaban J connectivity index is 4.04. The SMILES string of the molecule is CC(C)CC(C)(CO)NC(C)C. The molecule has 12 heavy (non-hydrogen) atoms. The van der Waals surface area contributed by atoms with Crippen LogP contribution >= 0.6 is 0 Å². The third-order valence-electron chi connectivity index (χ3n) is 1.84. The van der Waals surface area contributed by atoms with E-state index in [2.05, 4.69) is 39.9 Å². The van der Waals surface area contributed by atoms with Gasteiger partial charge in [-0.05, 0) is 19.3 Å². The molecule has 0 fully saturated rings. The summed E-state index contributed by atoms with van der Waals surface area (Å²) in [5, 5.41) is 12.6. The molecule has 0 aromatic rings. The third-order valence-corrected chi connectivity index (χ3v) is 1.84. The molecule has 0 aromatic heterocycles. The normalized spacial score (nSPS) is 17.0. The van der Waals surface area contributed by atoms with Gasteiger partial charge in [-0.1, -0.05) is 27.7 Å². The average molecular weight is 173 g/mol. The molecule has 0 aromatic carbocycles. The van der Waals surface area contributed by atoms with E-state index in [-0.39, 0.29) is 12.1 Å². The molecule has 74 valence electrons. The summed E-state index contributed by atoms with van der Waals surface area (Å²) < 4.78 is 0. The summed E-state index contributed by atoms with van der Waals surface area (Å²) >= 11 is 0. The number of hydrogen-bond acceptors (Lipinski definition) is 2. The molecule has 0 spiro atoms. The van der Waals surface area contributed by atoms with E-state index >= 15 is 0 Å². The van der Waals surface area contributed by atoms with Crippen LogP contribution in [-0.4, -0.2) is 23.3 Å². The Bertz CT molecular complexity index is 111. The van der Waals surface area contributed by atoms with Crippen molar-refractivity contribution in [3.63, 3.8) is 0 Å². The highest BCUT2D eigenvalue weighted by atomic mass is 16.3. The second-order valence-electron chi connectivity index (χ2n) is 4.62. The molecule has 0 rings (SSSR count). The standard InChI is InChI=1S/C10H23NO/c1-8(2)6-10(5,7-12)11-9(3)4/h8-9,11-12H,6-7H2,1-5H3. The maximum atomic E-state index is 9.22. The number of nitrogens with one attached hydrogen (secondary N) is 1. The lowest BCUT2D eigenvalue weighted by molar-refractivity contribution is 0.144. The van der Waals surface area contributed by atoms with Gasteiger partial charge in [-0.15, -0.1) is 0 Å². The second kappa shape index (κ2) is 4.83. The average Bonchev–Trinajstić information content (AvgIpc) is 1.83. The number of rotatable bonds is 5. The molecular formula is C10H23NO. The molecule has 0 bridgehead atoms. The number of aliphatic hydroxyl groups excluding tert-OH is 1. The monoisotopic (exact) mass is 173 g/mol. The second-order valence-corrected chi connectivity index (χ2v) is 4.62. The Morgan fingerprint density at radius 2 is 1.75 bits per heavy atom. The molecule has 2 heteroatoms. The fourth-order valence-corrected chi connectivity index (χ4v) is 1.77. The third kappa shape index (κ3) is 4.73. The van der Waals surface area contributed by atoms with E-state index in [4.69, 9.17) is 0 Å². The van der Waals surface area contributed by atoms with E-state index < -0.39 is 0 Å². The van der Waals surface area contributed by atoms with Gasteiger partial charge < -0.3 is 10.4 Å². The first-order chi connectivity index (χ1) is 5.39. The molecule has 0 aliphatic heterocycles. The summed E-state index contributed by atoms with van der Waals surface area (Å²) in [6.07, 6.45) is 1.02. The Morgan fingerprint density at radius 3 is 2.00 bits per heavy atom. The highest BCUT2D eigenvalue weighted by Gasteiger charge is 2.24. The molecule has 2 nitrogen and oxygen atoms in total. The maximum Gasteiger partial charge on any atom is 0.0610 e. The van der Waals surface area contributed by atoms with Crippen molar-refractivity contribution < 1.29 is 5.11 Å². The number of hydrogen-bond donors (Lipinski definition) is 2. The van der Waals surface area contributed by atoms with Crippen molar-refractivity contribution in [2.45, 2.75) is 52.6 Å². The van der Waals surface area contributed by atoms with E-state index in [0.717, 1.165) is 6.42 Å². The molecule has 0 amide bonds. The summed E-state index contributed by atoms with van der Waals surface area (Å²) in [4.78, 5) is 0. The molecule has 2 N–H and O–H groups in total. The van der Waals surface area contributed by atoms with Gasteiger partial charge in [0.2, 0.25) is 0 Å². The highest BCUT2D eigenvalue weighted by Crippen LogP contribution is 2.16. The first-order valence-electron chi connectivity index (χ1n) is 4.78. The van der Waals surface area contributed by atoms with Gasteiger partial charge in [0.25, 0.3) is 0 Å². The summed E-state index contributed by atoms with van der Waals surface area (Å²) in [6, 6.07) is 0.431. The predicted octanol–water partition coefficient (Wildman–Crippen LogP) is 1.78. The van der Waals surface area contributed by atoms with Crippen molar-refractivity contribution in [1.82, 2.24) is 5.32 Å². The lowest BCUT2D eigenvalue weighted by atomic mass is 9.91. The van der Waals surface area contributed by atoms with Crippen molar-refractivity contribution in [2.24, 2.45) is 5.92 Å². The van der Waals surface area contributed by atoms with Gasteiger partial charge in [-0.3, -0.25) is 0 Å². The van der Waals surface area contributed by atoms with Crippen LogP contribution in [0.15, 0.2) is 0 Å². The lowest BCUT2D eigenvalue weighted by Gasteiger charge is -2.32. The largest absolute Gasteiger partial charge is 0.394 e. The summed E-state index contributed by atoms with van der Waals surface area (Å²) in [7, 11) is 0. The molecule has 0 aliphatic rings. The molecule has 1 unspecified atom stereocenters. The van der Waals surface area contributed by atoms with Crippen LogP contribution in [0.5, 0.6) is 0 Å². The van der Waals surface area contributed by atoms with E-state index in [1.54, 1.807) is 0 Å². The van der Waals surface area contributed by atoms with E-state index in [0.29, 0.717) is 12.0 Å². The first kappa shape index (κ1) is 11.9. The maximum absolute atomic E-state index is 9.22. The zero-order valence-corrected chi connectivity index (χ0v) is 9.02. The quantitative estimate of drug-likeness (QED) is 0.664. The zero-order chi connectivity index (χ0) is 9.78. The zero-order valence-electron chi connectivity index (χ0n) is 9.02. The van der Waals surface area contributed by atoms with Gasteiger partial charge in [-0.25, -0.2) is 0 Å². The van der Waals surface area contributed by atoms with E-state index in [1.807, 2.05) is 0 Å². The smallest absolute Gasteiger partial charge is 0.0610 e. The van der Waals surface area contributed by atoms with Crippen molar-refractivity contribution in [2.75, 3.05) is 6.61 Å². The predicted molar refractivity (Wildman–Crippen MR) is 53.2 cm³/mol.